The Morgan fingerprint density at radius 2 is 2.00 bits per heavy atom. The molecule has 0 aromatic heterocycles. The van der Waals surface area contributed by atoms with Crippen LogP contribution in [-0.2, 0) is 14.4 Å². The summed E-state index contributed by atoms with van der Waals surface area (Å²) in [6, 6.07) is 0. The van der Waals surface area contributed by atoms with Crippen molar-refractivity contribution < 1.29 is 19.5 Å². The number of rotatable bonds is 2. The third kappa shape index (κ3) is 2.32. The monoisotopic (exact) mass is 422 g/mol. The van der Waals surface area contributed by atoms with Crippen LogP contribution in [0.15, 0.2) is 11.6 Å². The quantitative estimate of drug-likeness (QED) is 0.693. The zero-order chi connectivity index (χ0) is 18.9. The van der Waals surface area contributed by atoms with Crippen molar-refractivity contribution in [1.82, 2.24) is 0 Å². The van der Waals surface area contributed by atoms with Gasteiger partial charge in [0.25, 0.3) is 0 Å². The molecule has 5 heteroatoms. The van der Waals surface area contributed by atoms with Crippen LogP contribution >= 0.6 is 15.9 Å². The molecule has 0 radical (unpaired) electrons. The first-order valence-corrected chi connectivity index (χ1v) is 10.9. The van der Waals surface area contributed by atoms with E-state index in [2.05, 4.69) is 22.9 Å². The van der Waals surface area contributed by atoms with Crippen molar-refractivity contribution in [2.75, 3.05) is 5.33 Å². The van der Waals surface area contributed by atoms with E-state index in [1.165, 1.54) is 0 Å². The Morgan fingerprint density at radius 1 is 1.27 bits per heavy atom. The van der Waals surface area contributed by atoms with Crippen molar-refractivity contribution in [2.45, 2.75) is 58.5 Å². The van der Waals surface area contributed by atoms with E-state index in [9.17, 15) is 19.5 Å². The second kappa shape index (κ2) is 6.10. The van der Waals surface area contributed by atoms with Gasteiger partial charge in [0.05, 0.1) is 11.4 Å². The summed E-state index contributed by atoms with van der Waals surface area (Å²) in [4.78, 5) is 37.8. The molecule has 0 aliphatic heterocycles. The van der Waals surface area contributed by atoms with Crippen LogP contribution in [0.5, 0.6) is 0 Å². The van der Waals surface area contributed by atoms with Crippen LogP contribution in [0.1, 0.15) is 52.4 Å². The molecule has 3 saturated carbocycles. The predicted molar refractivity (Wildman–Crippen MR) is 101 cm³/mol. The summed E-state index contributed by atoms with van der Waals surface area (Å²) < 4.78 is 0. The van der Waals surface area contributed by atoms with Gasteiger partial charge in [-0.05, 0) is 49.0 Å². The number of hydrogen-bond acceptors (Lipinski definition) is 4. The molecule has 26 heavy (non-hydrogen) atoms. The number of hydrogen-bond donors (Lipinski definition) is 1. The lowest BCUT2D eigenvalue weighted by atomic mass is 9.45. The highest BCUT2D eigenvalue weighted by atomic mass is 79.9. The summed E-state index contributed by atoms with van der Waals surface area (Å²) >= 11 is 3.31. The molecule has 7 atom stereocenters. The minimum absolute atomic E-state index is 0.0274. The van der Waals surface area contributed by atoms with E-state index in [0.717, 1.165) is 31.3 Å². The Labute approximate surface area is 162 Å². The van der Waals surface area contributed by atoms with Crippen LogP contribution in [0.25, 0.3) is 0 Å². The first-order valence-electron chi connectivity index (χ1n) is 9.76. The molecule has 1 unspecified atom stereocenters. The van der Waals surface area contributed by atoms with Crippen molar-refractivity contribution in [1.29, 1.82) is 0 Å². The molecular formula is C21H27BrO4. The first-order chi connectivity index (χ1) is 12.2. The summed E-state index contributed by atoms with van der Waals surface area (Å²) in [6.07, 6.45) is 4.95. The number of alkyl halides is 1. The molecule has 4 aliphatic carbocycles. The third-order valence-corrected chi connectivity index (χ3v) is 8.84. The van der Waals surface area contributed by atoms with Gasteiger partial charge in [-0.3, -0.25) is 14.4 Å². The van der Waals surface area contributed by atoms with Crippen molar-refractivity contribution in [2.24, 2.45) is 34.5 Å². The number of aliphatic hydroxyl groups is 1. The van der Waals surface area contributed by atoms with Crippen LogP contribution in [0, 0.1) is 34.5 Å². The standard InChI is InChI=1S/C21H27BrO4/c1-20-9-16(24)19-13(14(20)5-6-15(20)17(25)10-22)4-3-11-7-12(23)8-18(26)21(11,19)2/h7,13-15,18-19,26H,3-6,8-10H2,1-2H3/t13-,14-,15+,18?,19+,20-,21+/m0/s1. The SMILES string of the molecule is C[C@]12CC(=O)[C@H]3[C@@H](CCC4=CC(=O)CC(O)[C@@]43C)[C@@H]1CC[C@@H]2C(=O)CBr. The summed E-state index contributed by atoms with van der Waals surface area (Å²) in [5, 5.41) is 11.2. The lowest BCUT2D eigenvalue weighted by molar-refractivity contribution is -0.155. The second-order valence-electron chi connectivity index (χ2n) is 9.30. The van der Waals surface area contributed by atoms with E-state index < -0.39 is 11.5 Å². The number of carbonyl (C=O) groups is 3. The number of ketones is 3. The minimum atomic E-state index is -0.780. The molecule has 1 N–H and O–H groups in total. The Balaban J connectivity index is 1.74. The molecule has 0 amide bonds. The average molecular weight is 423 g/mol. The minimum Gasteiger partial charge on any atom is -0.392 e. The molecule has 0 aromatic carbocycles. The Bertz CT molecular complexity index is 713. The van der Waals surface area contributed by atoms with E-state index >= 15 is 0 Å². The van der Waals surface area contributed by atoms with Gasteiger partial charge in [-0.15, -0.1) is 0 Å². The fourth-order valence-electron chi connectivity index (χ4n) is 7.04. The van der Waals surface area contributed by atoms with Crippen LogP contribution in [0.3, 0.4) is 0 Å². The number of fused-ring (bicyclic) bond motifs is 5. The van der Waals surface area contributed by atoms with Crippen molar-refractivity contribution in [3.63, 3.8) is 0 Å². The number of carbonyl (C=O) groups excluding carboxylic acids is 3. The van der Waals surface area contributed by atoms with Crippen LogP contribution < -0.4 is 0 Å². The lowest BCUT2D eigenvalue weighted by Crippen LogP contribution is -2.59. The van der Waals surface area contributed by atoms with Gasteiger partial charge in [-0.25, -0.2) is 0 Å². The fourth-order valence-corrected chi connectivity index (χ4v) is 7.43. The number of aliphatic hydroxyl groups excluding tert-OH is 1. The van der Waals surface area contributed by atoms with E-state index in [0.29, 0.717) is 17.7 Å². The van der Waals surface area contributed by atoms with Crippen molar-refractivity contribution in [3.05, 3.63) is 11.6 Å². The van der Waals surface area contributed by atoms with Gasteiger partial charge in [0.1, 0.15) is 11.6 Å². The molecular weight excluding hydrogens is 396 g/mol. The maximum absolute atomic E-state index is 13.4. The van der Waals surface area contributed by atoms with Gasteiger partial charge in [0.2, 0.25) is 0 Å². The Hall–Kier alpha value is -0.810. The number of Topliss-reactive ketones (excluding diaryl/α,β-unsaturated/α-hetero) is 2. The molecule has 4 nitrogen and oxygen atoms in total. The summed E-state index contributed by atoms with van der Waals surface area (Å²) in [7, 11) is 0. The van der Waals surface area contributed by atoms with Gasteiger partial charge in [0, 0.05) is 30.1 Å². The highest BCUT2D eigenvalue weighted by Gasteiger charge is 2.64. The van der Waals surface area contributed by atoms with Crippen LogP contribution in [0.2, 0.25) is 0 Å². The van der Waals surface area contributed by atoms with Crippen molar-refractivity contribution in [3.8, 4) is 0 Å². The van der Waals surface area contributed by atoms with Gasteiger partial charge in [-0.2, -0.15) is 0 Å². The first kappa shape index (κ1) is 18.5. The zero-order valence-electron chi connectivity index (χ0n) is 15.5. The van der Waals surface area contributed by atoms with E-state index in [-0.39, 0.29) is 46.9 Å². The predicted octanol–water partition coefficient (Wildman–Crippen LogP) is 3.25. The molecule has 142 valence electrons. The normalized spacial score (nSPS) is 47.7. The highest BCUT2D eigenvalue weighted by molar-refractivity contribution is 9.09. The fraction of sp³-hybridized carbons (Fsp3) is 0.762. The summed E-state index contributed by atoms with van der Waals surface area (Å²) in [5.74, 6) is 0.665. The molecule has 3 fully saturated rings. The molecule has 0 heterocycles. The molecule has 0 saturated heterocycles. The van der Waals surface area contributed by atoms with E-state index in [1.807, 2.05) is 6.92 Å². The Morgan fingerprint density at radius 3 is 2.69 bits per heavy atom. The molecule has 4 aliphatic rings. The molecule has 0 spiro atoms. The smallest absolute Gasteiger partial charge is 0.158 e. The van der Waals surface area contributed by atoms with E-state index in [4.69, 9.17) is 0 Å². The second-order valence-corrected chi connectivity index (χ2v) is 9.86. The summed E-state index contributed by atoms with van der Waals surface area (Å²) in [5.41, 5.74) is 0.0913. The molecule has 0 bridgehead atoms. The van der Waals surface area contributed by atoms with Crippen molar-refractivity contribution >= 4 is 33.3 Å². The van der Waals surface area contributed by atoms with Crippen LogP contribution in [0.4, 0.5) is 0 Å². The highest BCUT2D eigenvalue weighted by Crippen LogP contribution is 2.65. The maximum Gasteiger partial charge on any atom is 0.158 e. The van der Waals surface area contributed by atoms with Gasteiger partial charge in [-0.1, -0.05) is 35.4 Å². The topological polar surface area (TPSA) is 71.4 Å². The number of halogens is 1. The third-order valence-electron chi connectivity index (χ3n) is 8.28. The van der Waals surface area contributed by atoms with Gasteiger partial charge in [0.15, 0.2) is 5.78 Å². The zero-order valence-corrected chi connectivity index (χ0v) is 17.0. The van der Waals surface area contributed by atoms with E-state index in [1.54, 1.807) is 6.08 Å². The average Bonchev–Trinajstić information content (AvgIpc) is 2.92. The summed E-state index contributed by atoms with van der Waals surface area (Å²) in [6.45, 7) is 4.13. The maximum atomic E-state index is 13.4. The largest absolute Gasteiger partial charge is 0.392 e. The molecule has 0 aromatic rings. The lowest BCUT2D eigenvalue weighted by Gasteiger charge is -2.58. The Kier molecular flexibility index (Phi) is 4.35. The van der Waals surface area contributed by atoms with Gasteiger partial charge < -0.3 is 5.11 Å². The van der Waals surface area contributed by atoms with Crippen LogP contribution in [-0.4, -0.2) is 33.9 Å². The van der Waals surface area contributed by atoms with Gasteiger partial charge >= 0.3 is 0 Å². The molecule has 4 rings (SSSR count).